The highest BCUT2D eigenvalue weighted by atomic mass is 35.5. The van der Waals surface area contributed by atoms with E-state index in [1.165, 1.54) is 0 Å². The topological polar surface area (TPSA) is 55.1 Å². The average Bonchev–Trinajstić information content (AvgIpc) is 2.92. The van der Waals surface area contributed by atoms with Crippen LogP contribution in [0.4, 0.5) is 0 Å². The standard InChI is InChI=1S/C15H17ClN2O2/c1-2-12-13(15(19)17-10-6-9-16)14(18-20-12)11-7-4-3-5-8-11/h3-5,7-8H,2,6,9-10H2,1H3,(H,17,19). The maximum absolute atomic E-state index is 12.3. The van der Waals surface area contributed by atoms with E-state index in [0.29, 0.717) is 35.9 Å². The highest BCUT2D eigenvalue weighted by Crippen LogP contribution is 2.25. The number of amides is 1. The van der Waals surface area contributed by atoms with Gasteiger partial charge in [0.15, 0.2) is 0 Å². The fourth-order valence-electron chi connectivity index (χ4n) is 1.95. The first-order valence-electron chi connectivity index (χ1n) is 6.66. The third-order valence-electron chi connectivity index (χ3n) is 2.95. The van der Waals surface area contributed by atoms with Crippen LogP contribution in [-0.4, -0.2) is 23.5 Å². The van der Waals surface area contributed by atoms with E-state index in [0.717, 1.165) is 12.0 Å². The van der Waals surface area contributed by atoms with Gasteiger partial charge in [0.05, 0.1) is 0 Å². The molecule has 2 aromatic rings. The minimum atomic E-state index is -0.160. The molecule has 0 spiro atoms. The number of rotatable bonds is 6. The summed E-state index contributed by atoms with van der Waals surface area (Å²) in [5.41, 5.74) is 1.98. The number of carbonyl (C=O) groups is 1. The molecule has 0 saturated carbocycles. The minimum Gasteiger partial charge on any atom is -0.360 e. The maximum atomic E-state index is 12.3. The molecule has 1 aromatic carbocycles. The molecule has 0 fully saturated rings. The van der Waals surface area contributed by atoms with E-state index >= 15 is 0 Å². The largest absolute Gasteiger partial charge is 0.360 e. The number of halogens is 1. The van der Waals surface area contributed by atoms with Gasteiger partial charge in [-0.3, -0.25) is 4.79 Å². The number of aromatic nitrogens is 1. The molecule has 0 aliphatic carbocycles. The van der Waals surface area contributed by atoms with Crippen LogP contribution < -0.4 is 5.32 Å². The number of nitrogens with one attached hydrogen (secondary N) is 1. The molecule has 1 aromatic heterocycles. The zero-order chi connectivity index (χ0) is 14.4. The molecule has 0 atom stereocenters. The van der Waals surface area contributed by atoms with Crippen molar-refractivity contribution in [2.75, 3.05) is 12.4 Å². The smallest absolute Gasteiger partial charge is 0.257 e. The third kappa shape index (κ3) is 3.20. The van der Waals surface area contributed by atoms with Gasteiger partial charge >= 0.3 is 0 Å². The summed E-state index contributed by atoms with van der Waals surface area (Å²) >= 11 is 5.61. The predicted molar refractivity (Wildman–Crippen MR) is 79.0 cm³/mol. The van der Waals surface area contributed by atoms with Gasteiger partial charge in [-0.15, -0.1) is 11.6 Å². The normalized spacial score (nSPS) is 10.5. The van der Waals surface area contributed by atoms with Crippen LogP contribution in [0.1, 0.15) is 29.5 Å². The second-order valence-corrected chi connectivity index (χ2v) is 4.73. The Morgan fingerprint density at radius 2 is 2.10 bits per heavy atom. The molecule has 0 saturated heterocycles. The highest BCUT2D eigenvalue weighted by molar-refractivity contribution is 6.17. The molecule has 1 heterocycles. The molecule has 0 radical (unpaired) electrons. The Labute approximate surface area is 123 Å². The van der Waals surface area contributed by atoms with Crippen LogP contribution in [0.25, 0.3) is 11.3 Å². The lowest BCUT2D eigenvalue weighted by Crippen LogP contribution is -2.25. The van der Waals surface area contributed by atoms with E-state index in [-0.39, 0.29) is 5.91 Å². The molecule has 20 heavy (non-hydrogen) atoms. The lowest BCUT2D eigenvalue weighted by molar-refractivity contribution is 0.0952. The SMILES string of the molecule is CCc1onc(-c2ccccc2)c1C(=O)NCCCCl. The van der Waals surface area contributed by atoms with Gasteiger partial charge < -0.3 is 9.84 Å². The number of carbonyl (C=O) groups excluding carboxylic acids is 1. The zero-order valence-corrected chi connectivity index (χ0v) is 12.1. The van der Waals surface area contributed by atoms with E-state index in [1.54, 1.807) is 0 Å². The van der Waals surface area contributed by atoms with Crippen molar-refractivity contribution in [1.29, 1.82) is 0 Å². The van der Waals surface area contributed by atoms with E-state index < -0.39 is 0 Å². The Morgan fingerprint density at radius 1 is 1.35 bits per heavy atom. The van der Waals surface area contributed by atoms with Crippen molar-refractivity contribution >= 4 is 17.5 Å². The van der Waals surface area contributed by atoms with Gasteiger partial charge in [-0.25, -0.2) is 0 Å². The first kappa shape index (κ1) is 14.6. The van der Waals surface area contributed by atoms with Crippen LogP contribution in [0.5, 0.6) is 0 Å². The summed E-state index contributed by atoms with van der Waals surface area (Å²) in [4.78, 5) is 12.3. The van der Waals surface area contributed by atoms with Gasteiger partial charge in [0.1, 0.15) is 17.0 Å². The van der Waals surface area contributed by atoms with Gasteiger partial charge in [0.2, 0.25) is 0 Å². The molecule has 0 unspecified atom stereocenters. The molecule has 5 heteroatoms. The van der Waals surface area contributed by atoms with E-state index in [9.17, 15) is 4.79 Å². The molecule has 4 nitrogen and oxygen atoms in total. The molecule has 2 rings (SSSR count). The number of hydrogen-bond acceptors (Lipinski definition) is 3. The highest BCUT2D eigenvalue weighted by Gasteiger charge is 2.22. The van der Waals surface area contributed by atoms with Crippen molar-refractivity contribution in [3.8, 4) is 11.3 Å². The lowest BCUT2D eigenvalue weighted by Gasteiger charge is -2.05. The first-order chi connectivity index (χ1) is 9.77. The fourth-order valence-corrected chi connectivity index (χ4v) is 2.08. The number of alkyl halides is 1. The number of hydrogen-bond donors (Lipinski definition) is 1. The Bertz CT molecular complexity index is 567. The van der Waals surface area contributed by atoms with Crippen molar-refractivity contribution in [3.05, 3.63) is 41.7 Å². The van der Waals surface area contributed by atoms with Gasteiger partial charge in [-0.2, -0.15) is 0 Å². The van der Waals surface area contributed by atoms with Gasteiger partial charge in [0.25, 0.3) is 5.91 Å². The zero-order valence-electron chi connectivity index (χ0n) is 11.4. The van der Waals surface area contributed by atoms with E-state index in [4.69, 9.17) is 16.1 Å². The van der Waals surface area contributed by atoms with Gasteiger partial charge in [0, 0.05) is 24.4 Å². The summed E-state index contributed by atoms with van der Waals surface area (Å²) in [7, 11) is 0. The first-order valence-corrected chi connectivity index (χ1v) is 7.19. The van der Waals surface area contributed by atoms with Gasteiger partial charge in [-0.05, 0) is 6.42 Å². The Morgan fingerprint density at radius 3 is 2.75 bits per heavy atom. The summed E-state index contributed by atoms with van der Waals surface area (Å²) in [6, 6.07) is 9.56. The predicted octanol–water partition coefficient (Wildman–Crippen LogP) is 3.26. The van der Waals surface area contributed by atoms with Crippen LogP contribution >= 0.6 is 11.6 Å². The van der Waals surface area contributed by atoms with Crippen LogP contribution in [0, 0.1) is 0 Å². The van der Waals surface area contributed by atoms with Gasteiger partial charge in [-0.1, -0.05) is 42.4 Å². The monoisotopic (exact) mass is 292 g/mol. The van der Waals surface area contributed by atoms with E-state index in [2.05, 4.69) is 10.5 Å². The summed E-state index contributed by atoms with van der Waals surface area (Å²) < 4.78 is 5.29. The summed E-state index contributed by atoms with van der Waals surface area (Å²) in [5.74, 6) is 0.968. The van der Waals surface area contributed by atoms with Crippen LogP contribution in [0.2, 0.25) is 0 Å². The van der Waals surface area contributed by atoms with Crippen molar-refractivity contribution in [2.45, 2.75) is 19.8 Å². The third-order valence-corrected chi connectivity index (χ3v) is 3.22. The van der Waals surface area contributed by atoms with Crippen molar-refractivity contribution in [2.24, 2.45) is 0 Å². The second kappa shape index (κ2) is 7.10. The minimum absolute atomic E-state index is 0.160. The second-order valence-electron chi connectivity index (χ2n) is 4.35. The number of benzene rings is 1. The van der Waals surface area contributed by atoms with Crippen molar-refractivity contribution in [3.63, 3.8) is 0 Å². The Balaban J connectivity index is 2.30. The molecular weight excluding hydrogens is 276 g/mol. The lowest BCUT2D eigenvalue weighted by atomic mass is 10.0. The molecule has 1 amide bonds. The van der Waals surface area contributed by atoms with Crippen molar-refractivity contribution < 1.29 is 9.32 Å². The molecule has 0 aliphatic rings. The maximum Gasteiger partial charge on any atom is 0.257 e. The molecule has 0 bridgehead atoms. The number of nitrogens with zero attached hydrogens (tertiary/aromatic N) is 1. The van der Waals surface area contributed by atoms with Crippen molar-refractivity contribution in [1.82, 2.24) is 10.5 Å². The molecule has 0 aliphatic heterocycles. The summed E-state index contributed by atoms with van der Waals surface area (Å²) in [5, 5.41) is 6.89. The van der Waals surface area contributed by atoms with Crippen LogP contribution in [0.3, 0.4) is 0 Å². The summed E-state index contributed by atoms with van der Waals surface area (Å²) in [6.45, 7) is 2.48. The van der Waals surface area contributed by atoms with E-state index in [1.807, 2.05) is 37.3 Å². The number of aryl methyl sites for hydroxylation is 1. The fraction of sp³-hybridized carbons (Fsp3) is 0.333. The molecule has 1 N–H and O–H groups in total. The quantitative estimate of drug-likeness (QED) is 0.657. The Kier molecular flexibility index (Phi) is 5.18. The molecule has 106 valence electrons. The Hall–Kier alpha value is -1.81. The summed E-state index contributed by atoms with van der Waals surface area (Å²) in [6.07, 6.45) is 1.36. The van der Waals surface area contributed by atoms with Crippen LogP contribution in [-0.2, 0) is 6.42 Å². The average molecular weight is 293 g/mol. The molecular formula is C15H17ClN2O2. The van der Waals surface area contributed by atoms with Crippen LogP contribution in [0.15, 0.2) is 34.9 Å².